The zero-order valence-corrected chi connectivity index (χ0v) is 21.1. The number of carboxylic acid groups (broad SMARTS) is 2. The van der Waals surface area contributed by atoms with Crippen molar-refractivity contribution in [3.05, 3.63) is 83.3 Å². The zero-order chi connectivity index (χ0) is 30.1. The van der Waals surface area contributed by atoms with Crippen LogP contribution in [0, 0.1) is 0 Å². The van der Waals surface area contributed by atoms with Gasteiger partial charge in [0.15, 0.2) is 5.96 Å². The number of carbonyl (C=O) groups is 3. The second-order valence-electron chi connectivity index (χ2n) is 8.68. The standard InChI is InChI=1S/C25H20N10O7/c26-25(27)29-22(38)11-5-16(18-9-34(32-30-18)12-1-3-14(23(39)40)20(36)7-12)28-17(6-11)19-10-35(33-31-19)13-2-4-15(24(41)42)21(37)8-13/h1-10,30,32,36-37H,(H,39,40)(H,41,42)(H4,26,27,29,38). The van der Waals surface area contributed by atoms with Crippen LogP contribution in [-0.2, 0) is 0 Å². The number of hydrogen-bond donors (Lipinski definition) is 8. The molecule has 0 atom stereocenters. The average molecular weight is 572 g/mol. The largest absolute Gasteiger partial charge is 0.507 e. The number of aromatic carboxylic acids is 2. The van der Waals surface area contributed by atoms with Gasteiger partial charge in [0.2, 0.25) is 0 Å². The lowest BCUT2D eigenvalue weighted by atomic mass is 10.1. The zero-order valence-electron chi connectivity index (χ0n) is 21.1. The van der Waals surface area contributed by atoms with E-state index >= 15 is 0 Å². The molecule has 5 rings (SSSR count). The van der Waals surface area contributed by atoms with E-state index in [1.165, 1.54) is 64.4 Å². The van der Waals surface area contributed by atoms with Gasteiger partial charge in [-0.1, -0.05) is 5.21 Å². The van der Waals surface area contributed by atoms with E-state index in [2.05, 4.69) is 31.2 Å². The number of hydrazine groups is 2. The molecule has 17 heteroatoms. The summed E-state index contributed by atoms with van der Waals surface area (Å²) in [6.07, 6.45) is 2.99. The fraction of sp³-hybridized carbons (Fsp3) is 0. The summed E-state index contributed by atoms with van der Waals surface area (Å²) >= 11 is 0. The van der Waals surface area contributed by atoms with Gasteiger partial charge in [-0.25, -0.2) is 19.3 Å². The van der Waals surface area contributed by atoms with E-state index < -0.39 is 35.3 Å². The molecule has 0 bridgehead atoms. The van der Waals surface area contributed by atoms with Crippen LogP contribution in [-0.4, -0.2) is 64.2 Å². The lowest BCUT2D eigenvalue weighted by molar-refractivity contribution is 0.0682. The van der Waals surface area contributed by atoms with Crippen molar-refractivity contribution in [1.82, 2.24) is 30.9 Å². The highest BCUT2D eigenvalue weighted by atomic mass is 16.4. The van der Waals surface area contributed by atoms with Crippen molar-refractivity contribution in [2.45, 2.75) is 0 Å². The monoisotopic (exact) mass is 572 g/mol. The Bertz CT molecular complexity index is 1830. The molecule has 212 valence electrons. The van der Waals surface area contributed by atoms with Crippen molar-refractivity contribution in [3.8, 4) is 28.6 Å². The molecule has 2 aromatic heterocycles. The summed E-state index contributed by atoms with van der Waals surface area (Å²) in [7, 11) is 0. The third-order valence-electron chi connectivity index (χ3n) is 5.87. The van der Waals surface area contributed by atoms with E-state index in [9.17, 15) is 24.6 Å². The van der Waals surface area contributed by atoms with E-state index in [0.29, 0.717) is 17.1 Å². The van der Waals surface area contributed by atoms with Gasteiger partial charge in [0.25, 0.3) is 5.91 Å². The number of aliphatic imine (C=N–C) groups is 1. The number of pyridine rings is 1. The van der Waals surface area contributed by atoms with E-state index in [1.54, 1.807) is 6.20 Å². The number of nitrogens with one attached hydrogen (secondary N) is 2. The van der Waals surface area contributed by atoms with Crippen molar-refractivity contribution in [3.63, 3.8) is 0 Å². The van der Waals surface area contributed by atoms with Crippen molar-refractivity contribution in [1.29, 1.82) is 0 Å². The molecule has 1 aliphatic rings. The van der Waals surface area contributed by atoms with Crippen LogP contribution in [0.5, 0.6) is 11.5 Å². The van der Waals surface area contributed by atoms with Gasteiger partial charge in [-0.05, 0) is 36.4 Å². The summed E-state index contributed by atoms with van der Waals surface area (Å²) in [5.74, 6) is -4.71. The Morgan fingerprint density at radius 1 is 0.833 bits per heavy atom. The SMILES string of the molecule is NC(N)=NC(=O)c1cc(C2=CN(c3ccc(C(=O)O)c(O)c3)NN2)nc(-c2cn(-c3ccc(C(=O)O)c(O)c3)nn2)c1. The minimum Gasteiger partial charge on any atom is -0.507 e. The maximum absolute atomic E-state index is 12.7. The van der Waals surface area contributed by atoms with Gasteiger partial charge in [0.05, 0.1) is 40.9 Å². The molecule has 2 aromatic carbocycles. The first-order valence-electron chi connectivity index (χ1n) is 11.7. The number of guanidine groups is 1. The van der Waals surface area contributed by atoms with Gasteiger partial charge in [0.1, 0.15) is 28.3 Å². The first-order chi connectivity index (χ1) is 20.0. The van der Waals surface area contributed by atoms with Gasteiger partial charge in [-0.3, -0.25) is 15.2 Å². The van der Waals surface area contributed by atoms with Gasteiger partial charge in [-0.15, -0.1) is 10.6 Å². The molecule has 1 amide bonds. The Hall–Kier alpha value is -6.49. The van der Waals surface area contributed by atoms with Crippen LogP contribution >= 0.6 is 0 Å². The van der Waals surface area contributed by atoms with Crippen LogP contribution in [0.25, 0.3) is 22.8 Å². The molecule has 17 nitrogen and oxygen atoms in total. The minimum atomic E-state index is -1.30. The lowest BCUT2D eigenvalue weighted by Crippen LogP contribution is -2.36. The first kappa shape index (κ1) is 27.1. The molecule has 3 heterocycles. The number of amides is 1. The molecule has 0 unspecified atom stereocenters. The van der Waals surface area contributed by atoms with E-state index in [0.717, 1.165) is 0 Å². The van der Waals surface area contributed by atoms with Crippen LogP contribution in [0.4, 0.5) is 5.69 Å². The van der Waals surface area contributed by atoms with Crippen molar-refractivity contribution < 1.29 is 34.8 Å². The fourth-order valence-electron chi connectivity index (χ4n) is 3.89. The normalized spacial score (nSPS) is 12.4. The third kappa shape index (κ3) is 5.33. The first-order valence-corrected chi connectivity index (χ1v) is 11.7. The number of aromatic nitrogens is 4. The second kappa shape index (κ2) is 10.6. The highest BCUT2D eigenvalue weighted by Crippen LogP contribution is 2.28. The summed E-state index contributed by atoms with van der Waals surface area (Å²) < 4.78 is 1.27. The van der Waals surface area contributed by atoms with Crippen molar-refractivity contribution in [2.75, 3.05) is 5.01 Å². The number of benzene rings is 2. The molecule has 0 saturated carbocycles. The van der Waals surface area contributed by atoms with E-state index in [1.807, 2.05) is 0 Å². The predicted octanol–water partition coefficient (Wildman–Crippen LogP) is 0.378. The van der Waals surface area contributed by atoms with Gasteiger partial charge in [-0.2, -0.15) is 4.99 Å². The molecule has 42 heavy (non-hydrogen) atoms. The molecule has 0 radical (unpaired) electrons. The molecule has 4 aromatic rings. The summed E-state index contributed by atoms with van der Waals surface area (Å²) in [5.41, 5.74) is 17.6. The van der Waals surface area contributed by atoms with Crippen LogP contribution in [0.15, 0.2) is 65.9 Å². The van der Waals surface area contributed by atoms with Crippen LogP contribution in [0.2, 0.25) is 0 Å². The van der Waals surface area contributed by atoms with Crippen molar-refractivity contribution in [2.24, 2.45) is 16.5 Å². The summed E-state index contributed by atoms with van der Waals surface area (Å²) in [6.45, 7) is 0. The average Bonchev–Trinajstić information content (AvgIpc) is 3.63. The summed E-state index contributed by atoms with van der Waals surface area (Å²) in [5, 5.41) is 47.9. The number of nitrogens with zero attached hydrogens (tertiary/aromatic N) is 6. The van der Waals surface area contributed by atoms with Gasteiger partial charge >= 0.3 is 11.9 Å². The Balaban J connectivity index is 1.52. The Morgan fingerprint density at radius 2 is 1.45 bits per heavy atom. The number of aromatic hydroxyl groups is 2. The van der Waals surface area contributed by atoms with Gasteiger partial charge in [0, 0.05) is 17.7 Å². The quantitative estimate of drug-likeness (QED) is 0.110. The number of hydrogen-bond acceptors (Lipinski definition) is 11. The fourth-order valence-corrected chi connectivity index (χ4v) is 3.89. The maximum atomic E-state index is 12.7. The predicted molar refractivity (Wildman–Crippen MR) is 145 cm³/mol. The number of carbonyl (C=O) groups excluding carboxylic acids is 1. The Morgan fingerprint density at radius 3 is 2.07 bits per heavy atom. The molecule has 0 saturated heterocycles. The Labute approximate surface area is 234 Å². The second-order valence-corrected chi connectivity index (χ2v) is 8.68. The number of nitrogens with two attached hydrogens (primary N) is 2. The topological polar surface area (TPSA) is 267 Å². The number of anilines is 1. The third-order valence-corrected chi connectivity index (χ3v) is 5.87. The maximum Gasteiger partial charge on any atom is 0.339 e. The highest BCUT2D eigenvalue weighted by Gasteiger charge is 2.21. The molecule has 1 aliphatic heterocycles. The lowest BCUT2D eigenvalue weighted by Gasteiger charge is -2.15. The summed E-state index contributed by atoms with van der Waals surface area (Å²) in [4.78, 5) is 43.3. The van der Waals surface area contributed by atoms with Crippen LogP contribution in [0.1, 0.15) is 36.8 Å². The number of phenols is 2. The smallest absolute Gasteiger partial charge is 0.339 e. The molecule has 0 spiro atoms. The highest BCUT2D eigenvalue weighted by molar-refractivity contribution is 6.02. The minimum absolute atomic E-state index is 0.0472. The molecule has 10 N–H and O–H groups in total. The van der Waals surface area contributed by atoms with E-state index in [-0.39, 0.29) is 33.8 Å². The molecular weight excluding hydrogens is 552 g/mol. The number of carboxylic acids is 2. The molecule has 0 fully saturated rings. The Kier molecular flexibility index (Phi) is 6.83. The summed E-state index contributed by atoms with van der Waals surface area (Å²) in [6, 6.07) is 10.6. The molecule has 0 aliphatic carbocycles. The van der Waals surface area contributed by atoms with Crippen molar-refractivity contribution >= 4 is 35.2 Å². The van der Waals surface area contributed by atoms with Crippen LogP contribution in [0.3, 0.4) is 0 Å². The molecular formula is C25H20N10O7. The number of rotatable bonds is 7. The van der Waals surface area contributed by atoms with Gasteiger partial charge < -0.3 is 31.9 Å². The van der Waals surface area contributed by atoms with E-state index in [4.69, 9.17) is 21.7 Å². The van der Waals surface area contributed by atoms with Crippen LogP contribution < -0.4 is 27.4 Å².